The van der Waals surface area contributed by atoms with Gasteiger partial charge in [-0.05, 0) is 24.0 Å². The number of aromatic nitrogens is 2. The van der Waals surface area contributed by atoms with Crippen LogP contribution in [0, 0.1) is 6.92 Å². The Morgan fingerprint density at radius 2 is 1.81 bits per heavy atom. The molecule has 0 fully saturated rings. The first kappa shape index (κ1) is 15.6. The predicted octanol–water partition coefficient (Wildman–Crippen LogP) is 2.83. The van der Waals surface area contributed by atoms with Gasteiger partial charge in [-0.2, -0.15) is 5.10 Å². The van der Waals surface area contributed by atoms with Crippen LogP contribution in [0.1, 0.15) is 32.0 Å². The van der Waals surface area contributed by atoms with Gasteiger partial charge in [-0.3, -0.25) is 9.40 Å². The zero-order valence-corrected chi connectivity index (χ0v) is 13.8. The summed E-state index contributed by atoms with van der Waals surface area (Å²) in [5.41, 5.74) is 2.02. The molecule has 0 aliphatic rings. The molecule has 1 N–H and O–H groups in total. The highest BCUT2D eigenvalue weighted by Crippen LogP contribution is 2.31. The topological polar surface area (TPSA) is 64.0 Å². The minimum atomic E-state index is -3.64. The lowest BCUT2D eigenvalue weighted by molar-refractivity contribution is 0.590. The van der Waals surface area contributed by atoms with Crippen molar-refractivity contribution in [2.75, 3.05) is 4.72 Å². The van der Waals surface area contributed by atoms with Gasteiger partial charge < -0.3 is 0 Å². The van der Waals surface area contributed by atoms with E-state index in [0.29, 0.717) is 11.4 Å². The highest BCUT2D eigenvalue weighted by molar-refractivity contribution is 7.92. The van der Waals surface area contributed by atoms with Crippen LogP contribution in [0.2, 0.25) is 0 Å². The number of aryl methyl sites for hydroxylation is 1. The minimum absolute atomic E-state index is 0.150. The first-order valence-corrected chi connectivity index (χ1v) is 8.22. The van der Waals surface area contributed by atoms with Gasteiger partial charge in [0.05, 0.1) is 17.6 Å². The van der Waals surface area contributed by atoms with Gasteiger partial charge in [0.15, 0.2) is 0 Å². The largest absolute Gasteiger partial charge is 0.279 e. The normalized spacial score (nSPS) is 12.4. The summed E-state index contributed by atoms with van der Waals surface area (Å²) in [4.78, 5) is 0.203. The van der Waals surface area contributed by atoms with Gasteiger partial charge in [0.2, 0.25) is 0 Å². The molecule has 6 heteroatoms. The maximum atomic E-state index is 12.6. The van der Waals surface area contributed by atoms with Crippen molar-refractivity contribution in [3.8, 4) is 0 Å². The quantitative estimate of drug-likeness (QED) is 0.948. The van der Waals surface area contributed by atoms with E-state index in [1.165, 1.54) is 6.20 Å². The van der Waals surface area contributed by atoms with Gasteiger partial charge in [-0.15, -0.1) is 0 Å². The predicted molar refractivity (Wildman–Crippen MR) is 83.9 cm³/mol. The lowest BCUT2D eigenvalue weighted by atomic mass is 9.86. The molecule has 0 aliphatic carbocycles. The van der Waals surface area contributed by atoms with E-state index in [0.717, 1.165) is 5.56 Å². The molecular weight excluding hydrogens is 286 g/mol. The molecule has 2 rings (SSSR count). The number of rotatable bonds is 3. The standard InChI is InChI=1S/C15H21N3O2S/c1-11-14(10-16-18(11)5)21(19,20)17-13-9-7-6-8-12(13)15(2,3)4/h6-10,17H,1-5H3. The molecule has 0 amide bonds. The molecule has 1 heterocycles. The molecule has 1 aromatic carbocycles. The SMILES string of the molecule is Cc1c(S(=O)(=O)Nc2ccccc2C(C)(C)C)cnn1C. The molecule has 0 aliphatic heterocycles. The molecule has 0 atom stereocenters. The number of sulfonamides is 1. The molecule has 5 nitrogen and oxygen atoms in total. The second kappa shape index (κ2) is 5.18. The summed E-state index contributed by atoms with van der Waals surface area (Å²) in [6, 6.07) is 7.45. The third-order valence-electron chi connectivity index (χ3n) is 3.46. The number of nitrogens with zero attached hydrogens (tertiary/aromatic N) is 2. The van der Waals surface area contributed by atoms with E-state index < -0.39 is 10.0 Å². The van der Waals surface area contributed by atoms with Gasteiger partial charge in [-0.1, -0.05) is 39.0 Å². The maximum absolute atomic E-state index is 12.6. The molecule has 1 aromatic heterocycles. The Morgan fingerprint density at radius 1 is 1.19 bits per heavy atom. The van der Waals surface area contributed by atoms with Crippen molar-refractivity contribution in [1.29, 1.82) is 0 Å². The molecule has 21 heavy (non-hydrogen) atoms. The van der Waals surface area contributed by atoms with E-state index in [-0.39, 0.29) is 10.3 Å². The van der Waals surface area contributed by atoms with Crippen LogP contribution in [-0.2, 0) is 22.5 Å². The van der Waals surface area contributed by atoms with E-state index in [1.807, 2.05) is 18.2 Å². The van der Waals surface area contributed by atoms with Gasteiger partial charge >= 0.3 is 0 Å². The summed E-state index contributed by atoms with van der Waals surface area (Å²) in [6.45, 7) is 7.89. The van der Waals surface area contributed by atoms with E-state index in [4.69, 9.17) is 0 Å². The fourth-order valence-corrected chi connectivity index (χ4v) is 3.45. The average Bonchev–Trinajstić information content (AvgIpc) is 2.69. The van der Waals surface area contributed by atoms with E-state index in [2.05, 4.69) is 30.6 Å². The number of hydrogen-bond donors (Lipinski definition) is 1. The molecule has 0 saturated carbocycles. The Balaban J connectivity index is 2.45. The van der Waals surface area contributed by atoms with Gasteiger partial charge in [-0.25, -0.2) is 8.42 Å². The molecule has 0 saturated heterocycles. The zero-order chi connectivity index (χ0) is 15.8. The first-order chi connectivity index (χ1) is 9.63. The highest BCUT2D eigenvalue weighted by atomic mass is 32.2. The lowest BCUT2D eigenvalue weighted by Gasteiger charge is -2.23. The third-order valence-corrected chi connectivity index (χ3v) is 4.93. The fraction of sp³-hybridized carbons (Fsp3) is 0.400. The molecule has 0 unspecified atom stereocenters. The third kappa shape index (κ3) is 3.10. The van der Waals surface area contributed by atoms with Crippen LogP contribution in [0.4, 0.5) is 5.69 Å². The Hall–Kier alpha value is -1.82. The molecule has 2 aromatic rings. The average molecular weight is 307 g/mol. The van der Waals surface area contributed by atoms with Crippen molar-refractivity contribution in [2.45, 2.75) is 38.0 Å². The molecule has 0 radical (unpaired) electrons. The highest BCUT2D eigenvalue weighted by Gasteiger charge is 2.24. The van der Waals surface area contributed by atoms with Crippen molar-refractivity contribution in [1.82, 2.24) is 9.78 Å². The van der Waals surface area contributed by atoms with Crippen LogP contribution < -0.4 is 4.72 Å². The van der Waals surface area contributed by atoms with Crippen LogP contribution in [0.15, 0.2) is 35.4 Å². The second-order valence-corrected chi connectivity index (χ2v) is 7.77. The number of nitrogens with one attached hydrogen (secondary N) is 1. The Bertz CT molecular complexity index is 755. The van der Waals surface area contributed by atoms with Crippen molar-refractivity contribution in [3.05, 3.63) is 41.7 Å². The number of benzene rings is 1. The smallest absolute Gasteiger partial charge is 0.265 e. The minimum Gasteiger partial charge on any atom is -0.279 e. The zero-order valence-electron chi connectivity index (χ0n) is 13.0. The molecule has 0 spiro atoms. The summed E-state index contributed by atoms with van der Waals surface area (Å²) >= 11 is 0. The van der Waals surface area contributed by atoms with E-state index >= 15 is 0 Å². The summed E-state index contributed by atoms with van der Waals surface area (Å²) < 4.78 is 29.3. The van der Waals surface area contributed by atoms with E-state index in [9.17, 15) is 8.42 Å². The van der Waals surface area contributed by atoms with Crippen molar-refractivity contribution in [3.63, 3.8) is 0 Å². The van der Waals surface area contributed by atoms with Crippen LogP contribution in [0.5, 0.6) is 0 Å². The van der Waals surface area contributed by atoms with Gasteiger partial charge in [0.25, 0.3) is 10.0 Å². The van der Waals surface area contributed by atoms with Crippen molar-refractivity contribution < 1.29 is 8.42 Å². The number of para-hydroxylation sites is 1. The van der Waals surface area contributed by atoms with Crippen molar-refractivity contribution in [2.24, 2.45) is 7.05 Å². The number of hydrogen-bond acceptors (Lipinski definition) is 3. The van der Waals surface area contributed by atoms with Crippen LogP contribution in [0.3, 0.4) is 0 Å². The monoisotopic (exact) mass is 307 g/mol. The van der Waals surface area contributed by atoms with Gasteiger partial charge in [0.1, 0.15) is 4.90 Å². The first-order valence-electron chi connectivity index (χ1n) is 6.74. The van der Waals surface area contributed by atoms with Crippen molar-refractivity contribution >= 4 is 15.7 Å². The van der Waals surface area contributed by atoms with Crippen LogP contribution >= 0.6 is 0 Å². The Labute approximate surface area is 126 Å². The summed E-state index contributed by atoms with van der Waals surface area (Å²) in [7, 11) is -1.92. The second-order valence-electron chi connectivity index (χ2n) is 6.12. The van der Waals surface area contributed by atoms with E-state index in [1.54, 1.807) is 24.7 Å². The van der Waals surface area contributed by atoms with Gasteiger partial charge in [0, 0.05) is 7.05 Å². The summed E-state index contributed by atoms with van der Waals surface area (Å²) in [5, 5.41) is 3.99. The molecule has 0 bridgehead atoms. The fourth-order valence-electron chi connectivity index (χ4n) is 2.17. The molecule has 114 valence electrons. The maximum Gasteiger partial charge on any atom is 0.265 e. The summed E-state index contributed by atoms with van der Waals surface area (Å²) in [6.07, 6.45) is 1.37. The summed E-state index contributed by atoms with van der Waals surface area (Å²) in [5.74, 6) is 0. The lowest BCUT2D eigenvalue weighted by Crippen LogP contribution is -2.19. The Morgan fingerprint density at radius 3 is 2.33 bits per heavy atom. The Kier molecular flexibility index (Phi) is 3.84. The number of anilines is 1. The van der Waals surface area contributed by atoms with Crippen LogP contribution in [0.25, 0.3) is 0 Å². The van der Waals surface area contributed by atoms with Crippen LogP contribution in [-0.4, -0.2) is 18.2 Å². The molecular formula is C15H21N3O2S.